The minimum atomic E-state index is -3.69. The lowest BCUT2D eigenvalue weighted by atomic mass is 10.1. The molecule has 0 radical (unpaired) electrons. The molecule has 0 saturated heterocycles. The zero-order chi connectivity index (χ0) is 18.6. The van der Waals surface area contributed by atoms with E-state index >= 15 is 0 Å². The number of hydrogen-bond donors (Lipinski definition) is 1. The molecule has 25 heavy (non-hydrogen) atoms. The third-order valence-corrected chi connectivity index (χ3v) is 4.70. The molecule has 0 spiro atoms. The molecule has 132 valence electrons. The van der Waals surface area contributed by atoms with E-state index in [0.29, 0.717) is 11.3 Å². The van der Waals surface area contributed by atoms with Crippen LogP contribution in [0.15, 0.2) is 48.5 Å². The maximum Gasteiger partial charge on any atom is 0.245 e. The second-order valence-electron chi connectivity index (χ2n) is 5.79. The van der Waals surface area contributed by atoms with Gasteiger partial charge in [-0.3, -0.25) is 13.9 Å². The largest absolute Gasteiger partial charge is 0.325 e. The van der Waals surface area contributed by atoms with Crippen LogP contribution in [0.5, 0.6) is 0 Å². The number of carbonyl (C=O) groups is 2. The molecule has 0 aliphatic carbocycles. The number of hydrogen-bond acceptors (Lipinski definition) is 4. The van der Waals surface area contributed by atoms with Crippen LogP contribution in [0.4, 0.5) is 11.4 Å². The summed E-state index contributed by atoms with van der Waals surface area (Å²) in [6.45, 7) is 2.95. The van der Waals surface area contributed by atoms with E-state index in [1.165, 1.54) is 13.0 Å². The second kappa shape index (κ2) is 7.48. The Morgan fingerprint density at radius 2 is 1.72 bits per heavy atom. The Balaban J connectivity index is 2.24. The van der Waals surface area contributed by atoms with Gasteiger partial charge in [-0.15, -0.1) is 0 Å². The van der Waals surface area contributed by atoms with Crippen molar-refractivity contribution in [3.63, 3.8) is 0 Å². The van der Waals surface area contributed by atoms with Crippen LogP contribution in [0.25, 0.3) is 0 Å². The summed E-state index contributed by atoms with van der Waals surface area (Å²) in [5.74, 6) is -0.651. The van der Waals surface area contributed by atoms with Gasteiger partial charge in [0.1, 0.15) is 6.54 Å². The van der Waals surface area contributed by atoms with Gasteiger partial charge in [-0.2, -0.15) is 0 Å². The molecule has 1 N–H and O–H groups in total. The summed E-state index contributed by atoms with van der Waals surface area (Å²) in [5.41, 5.74) is 2.29. The first kappa shape index (κ1) is 18.7. The van der Waals surface area contributed by atoms with Crippen molar-refractivity contribution in [3.05, 3.63) is 59.7 Å². The summed E-state index contributed by atoms with van der Waals surface area (Å²) in [4.78, 5) is 23.8. The van der Waals surface area contributed by atoms with Gasteiger partial charge in [0.05, 0.1) is 11.9 Å². The minimum Gasteiger partial charge on any atom is -0.325 e. The fourth-order valence-corrected chi connectivity index (χ4v) is 3.10. The van der Waals surface area contributed by atoms with Crippen LogP contribution >= 0.6 is 0 Å². The Labute approximate surface area is 147 Å². The Bertz CT molecular complexity index is 890. The summed E-state index contributed by atoms with van der Waals surface area (Å²) in [6.07, 6.45) is 1.02. The van der Waals surface area contributed by atoms with Crippen LogP contribution in [0.2, 0.25) is 0 Å². The van der Waals surface area contributed by atoms with Crippen molar-refractivity contribution < 1.29 is 18.0 Å². The average molecular weight is 360 g/mol. The van der Waals surface area contributed by atoms with Crippen LogP contribution in [0, 0.1) is 6.92 Å². The SMILES string of the molecule is CC(=O)c1cccc(N(CC(=O)Nc2ccc(C)cc2)S(C)(=O)=O)c1. The highest BCUT2D eigenvalue weighted by Crippen LogP contribution is 2.20. The zero-order valence-electron chi connectivity index (χ0n) is 14.3. The van der Waals surface area contributed by atoms with Crippen molar-refractivity contribution in [1.29, 1.82) is 0 Å². The number of sulfonamides is 1. The summed E-state index contributed by atoms with van der Waals surface area (Å²) >= 11 is 0. The third-order valence-electron chi connectivity index (χ3n) is 3.56. The first-order valence-electron chi connectivity index (χ1n) is 7.62. The van der Waals surface area contributed by atoms with Gasteiger partial charge in [-0.1, -0.05) is 29.8 Å². The molecule has 0 saturated carbocycles. The Hall–Kier alpha value is -2.67. The predicted octanol–water partition coefficient (Wildman–Crippen LogP) is 2.60. The van der Waals surface area contributed by atoms with E-state index in [1.807, 2.05) is 19.1 Å². The van der Waals surface area contributed by atoms with Crippen LogP contribution in [0.1, 0.15) is 22.8 Å². The van der Waals surface area contributed by atoms with E-state index in [1.54, 1.807) is 30.3 Å². The number of Topliss-reactive ketones (excluding diaryl/α,β-unsaturated/α-hetero) is 1. The smallest absolute Gasteiger partial charge is 0.245 e. The summed E-state index contributed by atoms with van der Waals surface area (Å²) in [5, 5.41) is 2.67. The molecular formula is C18H20N2O4S. The monoisotopic (exact) mass is 360 g/mol. The van der Waals surface area contributed by atoms with Gasteiger partial charge in [0.2, 0.25) is 15.9 Å². The maximum atomic E-state index is 12.3. The van der Waals surface area contributed by atoms with Crippen molar-refractivity contribution in [3.8, 4) is 0 Å². The standard InChI is InChI=1S/C18H20N2O4S/c1-13-7-9-16(10-8-13)19-18(22)12-20(25(3,23)24)17-6-4-5-15(11-17)14(2)21/h4-11H,12H2,1-3H3,(H,19,22). The van der Waals surface area contributed by atoms with Gasteiger partial charge >= 0.3 is 0 Å². The van der Waals surface area contributed by atoms with E-state index in [-0.39, 0.29) is 18.0 Å². The lowest BCUT2D eigenvalue weighted by Gasteiger charge is -2.22. The van der Waals surface area contributed by atoms with Gasteiger partial charge in [0.25, 0.3) is 0 Å². The molecular weight excluding hydrogens is 340 g/mol. The molecule has 2 aromatic rings. The number of anilines is 2. The molecule has 0 heterocycles. The lowest BCUT2D eigenvalue weighted by molar-refractivity contribution is -0.114. The molecule has 0 atom stereocenters. The average Bonchev–Trinajstić information content (AvgIpc) is 2.54. The van der Waals surface area contributed by atoms with Crippen LogP contribution in [-0.4, -0.2) is 32.9 Å². The van der Waals surface area contributed by atoms with E-state index in [4.69, 9.17) is 0 Å². The van der Waals surface area contributed by atoms with Crippen molar-refractivity contribution in [2.45, 2.75) is 13.8 Å². The number of aryl methyl sites for hydroxylation is 1. The molecule has 2 aromatic carbocycles. The molecule has 0 bridgehead atoms. The highest BCUT2D eigenvalue weighted by atomic mass is 32.2. The van der Waals surface area contributed by atoms with Crippen molar-refractivity contribution in [2.75, 3.05) is 22.4 Å². The molecule has 0 aliphatic heterocycles. The zero-order valence-corrected chi connectivity index (χ0v) is 15.1. The molecule has 0 fully saturated rings. The second-order valence-corrected chi connectivity index (χ2v) is 7.70. The number of carbonyl (C=O) groups excluding carboxylic acids is 2. The molecule has 0 unspecified atom stereocenters. The Morgan fingerprint density at radius 3 is 2.28 bits per heavy atom. The third kappa shape index (κ3) is 5.15. The van der Waals surface area contributed by atoms with E-state index in [2.05, 4.69) is 5.32 Å². The first-order chi connectivity index (χ1) is 11.7. The summed E-state index contributed by atoms with van der Waals surface area (Å²) in [6, 6.07) is 13.4. The van der Waals surface area contributed by atoms with Gasteiger partial charge in [-0.25, -0.2) is 8.42 Å². The molecule has 0 aromatic heterocycles. The quantitative estimate of drug-likeness (QED) is 0.803. The number of nitrogens with zero attached hydrogens (tertiary/aromatic N) is 1. The van der Waals surface area contributed by atoms with Crippen molar-refractivity contribution in [2.24, 2.45) is 0 Å². The molecule has 2 rings (SSSR count). The number of amides is 1. The Morgan fingerprint density at radius 1 is 1.08 bits per heavy atom. The highest BCUT2D eigenvalue weighted by molar-refractivity contribution is 7.92. The van der Waals surface area contributed by atoms with Crippen LogP contribution < -0.4 is 9.62 Å². The highest BCUT2D eigenvalue weighted by Gasteiger charge is 2.21. The Kier molecular flexibility index (Phi) is 5.58. The summed E-state index contributed by atoms with van der Waals surface area (Å²) < 4.78 is 25.2. The minimum absolute atomic E-state index is 0.181. The predicted molar refractivity (Wildman–Crippen MR) is 98.4 cm³/mol. The molecule has 7 heteroatoms. The van der Waals surface area contributed by atoms with Crippen molar-refractivity contribution in [1.82, 2.24) is 0 Å². The topological polar surface area (TPSA) is 83.6 Å². The first-order valence-corrected chi connectivity index (χ1v) is 9.47. The van der Waals surface area contributed by atoms with Crippen molar-refractivity contribution >= 4 is 33.1 Å². The normalized spacial score (nSPS) is 11.0. The number of benzene rings is 2. The van der Waals surface area contributed by atoms with E-state index < -0.39 is 15.9 Å². The fraction of sp³-hybridized carbons (Fsp3) is 0.222. The van der Waals surface area contributed by atoms with Crippen LogP contribution in [-0.2, 0) is 14.8 Å². The van der Waals surface area contributed by atoms with Crippen LogP contribution in [0.3, 0.4) is 0 Å². The number of ketones is 1. The van der Waals surface area contributed by atoms with Gasteiger partial charge in [0.15, 0.2) is 5.78 Å². The fourth-order valence-electron chi connectivity index (χ4n) is 2.25. The van der Waals surface area contributed by atoms with E-state index in [0.717, 1.165) is 16.1 Å². The van der Waals surface area contributed by atoms with Gasteiger partial charge < -0.3 is 5.32 Å². The molecule has 1 amide bonds. The lowest BCUT2D eigenvalue weighted by Crippen LogP contribution is -2.37. The summed E-state index contributed by atoms with van der Waals surface area (Å²) in [7, 11) is -3.69. The van der Waals surface area contributed by atoms with Gasteiger partial charge in [0, 0.05) is 11.3 Å². The van der Waals surface area contributed by atoms with Gasteiger partial charge in [-0.05, 0) is 38.1 Å². The molecule has 6 nitrogen and oxygen atoms in total. The molecule has 0 aliphatic rings. The number of rotatable bonds is 6. The van der Waals surface area contributed by atoms with E-state index in [9.17, 15) is 18.0 Å². The maximum absolute atomic E-state index is 12.3. The number of nitrogens with one attached hydrogen (secondary N) is 1.